The molecule has 0 aromatic carbocycles. The largest absolute Gasteiger partial charge is 0.390 e. The zero-order valence-corrected chi connectivity index (χ0v) is 63.5. The molecule has 2 fully saturated rings. The van der Waals surface area contributed by atoms with Crippen molar-refractivity contribution in [1.29, 1.82) is 5.26 Å². The molecule has 0 radical (unpaired) electrons. The van der Waals surface area contributed by atoms with Crippen molar-refractivity contribution in [3.63, 3.8) is 0 Å². The van der Waals surface area contributed by atoms with Crippen molar-refractivity contribution in [3.8, 4) is 6.07 Å². The second-order valence-electron chi connectivity index (χ2n) is 30.4. The van der Waals surface area contributed by atoms with Crippen LogP contribution in [-0.4, -0.2) is 251 Å². The van der Waals surface area contributed by atoms with Crippen LogP contribution in [0, 0.1) is 76.4 Å². The van der Waals surface area contributed by atoms with Crippen molar-refractivity contribution in [2.45, 2.75) is 236 Å². The lowest BCUT2D eigenvalue weighted by molar-refractivity contribution is -0.157. The number of carbonyl (C=O) groups is 11. The Morgan fingerprint density at radius 2 is 1.02 bits per heavy atom. The minimum absolute atomic E-state index is 0.00904. The smallest absolute Gasteiger partial charge is 0.246 e. The number of ketones is 3. The number of nitriles is 1. The van der Waals surface area contributed by atoms with E-state index in [1.807, 2.05) is 82.4 Å². The van der Waals surface area contributed by atoms with Crippen LogP contribution in [0.5, 0.6) is 0 Å². The van der Waals surface area contributed by atoms with E-state index in [1.165, 1.54) is 85.7 Å². The number of rotatable bonds is 18. The highest BCUT2D eigenvalue weighted by atomic mass is 16.3. The van der Waals surface area contributed by atoms with Crippen LogP contribution in [0.15, 0.2) is 12.2 Å². The summed E-state index contributed by atoms with van der Waals surface area (Å²) in [7, 11) is 12.2. The van der Waals surface area contributed by atoms with Crippen LogP contribution in [0.25, 0.3) is 0 Å². The summed E-state index contributed by atoms with van der Waals surface area (Å²) in [6, 6.07) is -7.43. The maximum atomic E-state index is 15.4. The predicted molar refractivity (Wildman–Crippen MR) is 374 cm³/mol. The molecule has 2 aliphatic rings. The molecule has 2 heterocycles. The number of hydrogen-bond donors (Lipinski definition) is 2. The van der Waals surface area contributed by atoms with Crippen molar-refractivity contribution in [2.24, 2.45) is 65.1 Å². The van der Waals surface area contributed by atoms with Crippen LogP contribution in [0.2, 0.25) is 0 Å². The third kappa shape index (κ3) is 23.5. The maximum absolute atomic E-state index is 15.4. The van der Waals surface area contributed by atoms with Gasteiger partial charge in [-0.1, -0.05) is 116 Å². The Kier molecular flexibility index (Phi) is 35.3. The number of nitrogens with zero attached hydrogens (tertiary/aromatic N) is 10. The van der Waals surface area contributed by atoms with Crippen LogP contribution >= 0.6 is 0 Å². The Hall–Kier alpha value is -6.12. The highest BCUT2D eigenvalue weighted by Crippen LogP contribution is 2.30. The summed E-state index contributed by atoms with van der Waals surface area (Å²) in [6.45, 7) is 32.6. The van der Waals surface area contributed by atoms with Gasteiger partial charge in [-0.05, 0) is 107 Å². The first kappa shape index (κ1) is 86.0. The number of likely N-dealkylation sites (N-methyl/N-ethyl adjacent to an activating group) is 7. The molecule has 2 rings (SSSR count). The van der Waals surface area contributed by atoms with Crippen molar-refractivity contribution >= 4 is 64.6 Å². The van der Waals surface area contributed by atoms with E-state index in [2.05, 4.69) is 21.2 Å². The van der Waals surface area contributed by atoms with Crippen molar-refractivity contribution in [3.05, 3.63) is 12.2 Å². The Morgan fingerprint density at radius 3 is 1.50 bits per heavy atom. The molecule has 0 unspecified atom stereocenters. The van der Waals surface area contributed by atoms with Gasteiger partial charge in [-0.25, -0.2) is 0 Å². The second-order valence-corrected chi connectivity index (χ2v) is 30.4. The van der Waals surface area contributed by atoms with Gasteiger partial charge >= 0.3 is 0 Å². The number of aliphatic hydroxyl groups is 1. The summed E-state index contributed by atoms with van der Waals surface area (Å²) in [4.78, 5) is 178. The molecule has 0 bridgehead atoms. The van der Waals surface area contributed by atoms with E-state index in [-0.39, 0.29) is 80.2 Å². The lowest BCUT2D eigenvalue weighted by Gasteiger charge is -2.41. The van der Waals surface area contributed by atoms with Gasteiger partial charge in [0, 0.05) is 112 Å². The van der Waals surface area contributed by atoms with Gasteiger partial charge in [-0.2, -0.15) is 5.26 Å². The standard InChI is InChI=1S/C73H127N11O12/c1-26-28-29-48(13)65(88)64-66(89)75-55(27-2)70(93)77(19)52(17)68(91)82(24)63(51(16)41-76(18)42-84-32-30-53(40-74)31-33-84)61(87)39-54(46(9)10)69(92)78(20)56(34-43(3)4)60(86)37-49(14)59(85)38-50(15)67(90)79(21)57(35-44(5)6)71(94)80(22)58(36-45(7)8)72(95)81(23)62(47(11)12)73(96)83(64)25/h26,28,43-58,62-65,88H,27,29-39,41-42H2,1-25H3,(H,75,89)/b28-26+/t48-,49-,50+,51-,52-,54+,55+,56+,57+,58+,62+,63+,64+,65-/m1/s1. The van der Waals surface area contributed by atoms with Gasteiger partial charge in [0.2, 0.25) is 47.3 Å². The van der Waals surface area contributed by atoms with Crippen molar-refractivity contribution in [2.75, 3.05) is 82.7 Å². The minimum atomic E-state index is -1.63. The fourth-order valence-corrected chi connectivity index (χ4v) is 13.8. The molecule has 0 spiro atoms. The minimum Gasteiger partial charge on any atom is -0.390 e. The first-order valence-corrected chi connectivity index (χ1v) is 35.4. The van der Waals surface area contributed by atoms with Crippen LogP contribution in [0.1, 0.15) is 182 Å². The molecule has 8 amide bonds. The zero-order valence-electron chi connectivity index (χ0n) is 63.5. The van der Waals surface area contributed by atoms with Gasteiger partial charge in [0.25, 0.3) is 0 Å². The van der Waals surface area contributed by atoms with E-state index in [9.17, 15) is 29.5 Å². The molecule has 0 aromatic rings. The number of allylic oxidation sites excluding steroid dienone is 2. The number of likely N-dealkylation sites (tertiary alicyclic amines) is 1. The normalized spacial score (nSPS) is 27.8. The highest BCUT2D eigenvalue weighted by molar-refractivity contribution is 6.00. The molecule has 23 heteroatoms. The van der Waals surface area contributed by atoms with Crippen molar-refractivity contribution < 1.29 is 57.8 Å². The SMILES string of the molecule is C/C=C/C[C@@H](C)[C@@H](O)[C@H]1C(=O)N[C@@H](CC)C(=O)N(C)[C@H](C)C(=O)N(C)[C@@H]([C@H](C)CN(C)CN2CCC(C#N)CC2)C(=O)C[C@@H](C(C)C)C(=O)N(C)[C@@H](CC(C)C)C(=O)C[C@@H](C)C(=O)C[C@H](C)C(=O)N(C)[C@@H](CC(C)C)C(=O)N(C)[C@@H](CC(C)C)C(=O)N(C)[C@@H](C(C)C)C(=O)N1C. The van der Waals surface area contributed by atoms with Crippen LogP contribution in [0.3, 0.4) is 0 Å². The average Bonchev–Trinajstić information content (AvgIpc) is 0.813. The Balaban J connectivity index is 3.05. The molecule has 23 nitrogen and oxygen atoms in total. The third-order valence-electron chi connectivity index (χ3n) is 20.1. The molecule has 96 heavy (non-hydrogen) atoms. The zero-order chi connectivity index (χ0) is 73.8. The molecule has 0 saturated carbocycles. The quantitative estimate of drug-likeness (QED) is 0.136. The fourth-order valence-electron chi connectivity index (χ4n) is 13.8. The number of hydrogen-bond acceptors (Lipinski definition) is 15. The van der Waals surface area contributed by atoms with Gasteiger partial charge in [0.15, 0.2) is 11.6 Å². The topological polar surface area (TPSA) is 273 Å². The predicted octanol–water partition coefficient (Wildman–Crippen LogP) is 6.64. The van der Waals surface area contributed by atoms with E-state index in [0.717, 1.165) is 17.7 Å². The summed E-state index contributed by atoms with van der Waals surface area (Å²) in [5.41, 5.74) is 0. The summed E-state index contributed by atoms with van der Waals surface area (Å²) in [6.07, 6.45) is 3.62. The van der Waals surface area contributed by atoms with E-state index >= 15 is 33.6 Å². The Labute approximate surface area is 577 Å². The lowest BCUT2D eigenvalue weighted by atomic mass is 9.83. The Bertz CT molecular complexity index is 2700. The molecular formula is C73H127N11O12. The molecule has 0 aromatic heterocycles. The molecule has 2 N–H and O–H groups in total. The lowest BCUT2D eigenvalue weighted by Crippen LogP contribution is -2.63. The van der Waals surface area contributed by atoms with Crippen LogP contribution in [-0.2, 0) is 52.7 Å². The maximum Gasteiger partial charge on any atom is 0.246 e. The number of amides is 8. The fraction of sp³-hybridized carbons (Fsp3) is 0.808. The number of aliphatic hydroxyl groups excluding tert-OH is 1. The molecule has 2 aliphatic heterocycles. The summed E-state index contributed by atoms with van der Waals surface area (Å²) >= 11 is 0. The molecule has 2 saturated heterocycles. The molecule has 0 aliphatic carbocycles. The van der Waals surface area contributed by atoms with Gasteiger partial charge in [0.1, 0.15) is 42.0 Å². The average molecular weight is 1350 g/mol. The van der Waals surface area contributed by atoms with Crippen LogP contribution in [0.4, 0.5) is 0 Å². The number of nitrogens with one attached hydrogen (secondary N) is 1. The highest BCUT2D eigenvalue weighted by Gasteiger charge is 2.47. The molecule has 14 atom stereocenters. The van der Waals surface area contributed by atoms with E-state index in [0.29, 0.717) is 32.7 Å². The third-order valence-corrected chi connectivity index (χ3v) is 20.1. The van der Waals surface area contributed by atoms with Gasteiger partial charge in [-0.15, -0.1) is 0 Å². The summed E-state index contributed by atoms with van der Waals surface area (Å²) in [5, 5.41) is 24.6. The van der Waals surface area contributed by atoms with Gasteiger partial charge in [-0.3, -0.25) is 62.5 Å². The molecule has 546 valence electrons. The van der Waals surface area contributed by atoms with E-state index in [1.54, 1.807) is 47.6 Å². The van der Waals surface area contributed by atoms with Gasteiger partial charge < -0.3 is 44.7 Å². The molecular weight excluding hydrogens is 1220 g/mol. The van der Waals surface area contributed by atoms with E-state index < -0.39 is 149 Å². The first-order valence-electron chi connectivity index (χ1n) is 35.4. The summed E-state index contributed by atoms with van der Waals surface area (Å²) < 4.78 is 0. The van der Waals surface area contributed by atoms with E-state index in [4.69, 9.17) is 0 Å². The van der Waals surface area contributed by atoms with Crippen LogP contribution < -0.4 is 5.32 Å². The van der Waals surface area contributed by atoms with Gasteiger partial charge in [0.05, 0.1) is 30.9 Å². The second kappa shape index (κ2) is 39.5. The first-order chi connectivity index (χ1) is 44.5. The Morgan fingerprint density at radius 1 is 0.552 bits per heavy atom. The number of carbonyl (C=O) groups excluding carboxylic acids is 11. The van der Waals surface area contributed by atoms with Crippen molar-refractivity contribution in [1.82, 2.24) is 49.4 Å². The number of Topliss-reactive ketones (excluding diaryl/α,β-unsaturated/α-hetero) is 3. The number of piperidine rings is 1. The summed E-state index contributed by atoms with van der Waals surface area (Å²) in [5.74, 6) is -11.5. The monoisotopic (exact) mass is 1350 g/mol.